The average molecular weight is 372 g/mol. The van der Waals surface area contributed by atoms with Crippen LogP contribution in [0, 0.1) is 6.92 Å². The lowest BCUT2D eigenvalue weighted by Gasteiger charge is -2.12. The summed E-state index contributed by atoms with van der Waals surface area (Å²) in [6.07, 6.45) is 6.40. The van der Waals surface area contributed by atoms with Crippen LogP contribution in [0.1, 0.15) is 24.5 Å². The highest BCUT2D eigenvalue weighted by molar-refractivity contribution is 5.89. The van der Waals surface area contributed by atoms with Crippen LogP contribution >= 0.6 is 0 Å². The maximum atomic E-state index is 11.7. The first-order chi connectivity index (χ1) is 13.6. The molecule has 0 aliphatic heterocycles. The van der Waals surface area contributed by atoms with Crippen molar-refractivity contribution in [3.8, 4) is 0 Å². The normalized spacial score (nSPS) is 10.8. The van der Waals surface area contributed by atoms with Crippen LogP contribution in [0.4, 0.5) is 23.1 Å². The monoisotopic (exact) mass is 372 g/mol. The maximum absolute atomic E-state index is 11.7. The Kier molecular flexibility index (Phi) is 6.52. The molecule has 2 aromatic carbocycles. The van der Waals surface area contributed by atoms with Gasteiger partial charge in [-0.2, -0.15) is 4.98 Å². The van der Waals surface area contributed by atoms with Crippen LogP contribution in [0.5, 0.6) is 0 Å². The van der Waals surface area contributed by atoms with Gasteiger partial charge in [0.05, 0.1) is 0 Å². The van der Waals surface area contributed by atoms with E-state index in [9.17, 15) is 4.79 Å². The number of aryl methyl sites for hydroxylation is 2. The van der Waals surface area contributed by atoms with Crippen molar-refractivity contribution in [2.24, 2.45) is 0 Å². The van der Waals surface area contributed by atoms with Gasteiger partial charge in [0.15, 0.2) is 5.78 Å². The minimum atomic E-state index is 0.143. The van der Waals surface area contributed by atoms with Crippen LogP contribution in [-0.4, -0.2) is 15.8 Å². The number of hydrogen-bond donors (Lipinski definition) is 2. The molecular weight excluding hydrogens is 348 g/mol. The van der Waals surface area contributed by atoms with E-state index < -0.39 is 0 Å². The molecule has 2 N–H and O–H groups in total. The van der Waals surface area contributed by atoms with Gasteiger partial charge in [-0.1, -0.05) is 36.4 Å². The standard InChI is InChI=1S/C23H24N4O/c1-3-8-21(28)14-13-18-9-7-12-20(15-18)25-22-17(2)16-24-23(27-22)26-19-10-5-4-6-11-19/h3-12,15-16H,13-14H2,1-2H3,(H2,24,25,26,27)/b8-3+. The predicted molar refractivity (Wildman–Crippen MR) is 114 cm³/mol. The van der Waals surface area contributed by atoms with Crippen molar-refractivity contribution >= 4 is 28.9 Å². The Morgan fingerprint density at radius 3 is 2.61 bits per heavy atom. The van der Waals surface area contributed by atoms with E-state index >= 15 is 0 Å². The van der Waals surface area contributed by atoms with Gasteiger partial charge in [0.25, 0.3) is 0 Å². The van der Waals surface area contributed by atoms with Gasteiger partial charge < -0.3 is 10.6 Å². The zero-order valence-corrected chi connectivity index (χ0v) is 16.1. The third kappa shape index (κ3) is 5.51. The second-order valence-electron chi connectivity index (χ2n) is 6.51. The van der Waals surface area contributed by atoms with E-state index in [4.69, 9.17) is 0 Å². The van der Waals surface area contributed by atoms with Crippen molar-refractivity contribution < 1.29 is 4.79 Å². The molecule has 0 aliphatic rings. The minimum Gasteiger partial charge on any atom is -0.340 e. The highest BCUT2D eigenvalue weighted by Crippen LogP contribution is 2.22. The highest BCUT2D eigenvalue weighted by Gasteiger charge is 2.06. The molecule has 3 aromatic rings. The Morgan fingerprint density at radius 1 is 1.04 bits per heavy atom. The maximum Gasteiger partial charge on any atom is 0.229 e. The van der Waals surface area contributed by atoms with E-state index in [1.807, 2.05) is 62.4 Å². The summed E-state index contributed by atoms with van der Waals surface area (Å²) in [5.74, 6) is 1.42. The third-order valence-electron chi connectivity index (χ3n) is 4.20. The van der Waals surface area contributed by atoms with Gasteiger partial charge in [-0.05, 0) is 56.2 Å². The summed E-state index contributed by atoms with van der Waals surface area (Å²) in [5.41, 5.74) is 3.93. The van der Waals surface area contributed by atoms with Crippen LogP contribution in [0.3, 0.4) is 0 Å². The van der Waals surface area contributed by atoms with Crippen molar-refractivity contribution in [3.05, 3.63) is 84.1 Å². The Morgan fingerprint density at radius 2 is 1.82 bits per heavy atom. The van der Waals surface area contributed by atoms with Gasteiger partial charge in [0.1, 0.15) is 5.82 Å². The first kappa shape index (κ1) is 19.3. The number of benzene rings is 2. The lowest BCUT2D eigenvalue weighted by atomic mass is 10.1. The van der Waals surface area contributed by atoms with Crippen molar-refractivity contribution in [3.63, 3.8) is 0 Å². The summed E-state index contributed by atoms with van der Waals surface area (Å²) in [6, 6.07) is 17.9. The lowest BCUT2D eigenvalue weighted by Crippen LogP contribution is -2.03. The van der Waals surface area contributed by atoms with Crippen LogP contribution in [0.15, 0.2) is 72.9 Å². The smallest absolute Gasteiger partial charge is 0.229 e. The van der Waals surface area contributed by atoms with E-state index in [0.29, 0.717) is 18.8 Å². The molecule has 3 rings (SSSR count). The number of nitrogens with zero attached hydrogens (tertiary/aromatic N) is 2. The fourth-order valence-corrected chi connectivity index (χ4v) is 2.76. The number of rotatable bonds is 8. The molecule has 0 unspecified atom stereocenters. The molecule has 0 spiro atoms. The molecule has 5 nitrogen and oxygen atoms in total. The summed E-state index contributed by atoms with van der Waals surface area (Å²) >= 11 is 0. The number of allylic oxidation sites excluding steroid dienone is 2. The molecule has 0 fully saturated rings. The number of nitrogens with one attached hydrogen (secondary N) is 2. The average Bonchev–Trinajstić information content (AvgIpc) is 2.70. The Hall–Kier alpha value is -3.47. The van der Waals surface area contributed by atoms with Crippen molar-refractivity contribution in [1.82, 2.24) is 9.97 Å². The van der Waals surface area contributed by atoms with Crippen molar-refractivity contribution in [2.75, 3.05) is 10.6 Å². The number of para-hydroxylation sites is 1. The Balaban J connectivity index is 1.71. The van der Waals surface area contributed by atoms with Gasteiger partial charge in [0.2, 0.25) is 5.95 Å². The summed E-state index contributed by atoms with van der Waals surface area (Å²) < 4.78 is 0. The minimum absolute atomic E-state index is 0.143. The Labute approximate surface area is 165 Å². The molecule has 1 heterocycles. The summed E-state index contributed by atoms with van der Waals surface area (Å²) in [7, 11) is 0. The summed E-state index contributed by atoms with van der Waals surface area (Å²) in [6.45, 7) is 3.82. The number of aromatic nitrogens is 2. The molecule has 5 heteroatoms. The molecule has 0 saturated carbocycles. The summed E-state index contributed by atoms with van der Waals surface area (Å²) in [4.78, 5) is 20.6. The van der Waals surface area contributed by atoms with Crippen LogP contribution < -0.4 is 10.6 Å². The van der Waals surface area contributed by atoms with Gasteiger partial charge in [-0.15, -0.1) is 0 Å². The quantitative estimate of drug-likeness (QED) is 0.522. The van der Waals surface area contributed by atoms with Gasteiger partial charge in [-0.25, -0.2) is 4.98 Å². The predicted octanol–water partition coefficient (Wildman–Crippen LogP) is 5.35. The Bertz CT molecular complexity index is 967. The molecule has 0 bridgehead atoms. The van der Waals surface area contributed by atoms with Crippen molar-refractivity contribution in [1.29, 1.82) is 0 Å². The van der Waals surface area contributed by atoms with E-state index in [0.717, 1.165) is 28.3 Å². The van der Waals surface area contributed by atoms with E-state index in [1.165, 1.54) is 0 Å². The van der Waals surface area contributed by atoms with Gasteiger partial charge in [0, 0.05) is 29.6 Å². The first-order valence-corrected chi connectivity index (χ1v) is 9.31. The third-order valence-corrected chi connectivity index (χ3v) is 4.20. The topological polar surface area (TPSA) is 66.9 Å². The van der Waals surface area contributed by atoms with E-state index in [1.54, 1.807) is 18.3 Å². The van der Waals surface area contributed by atoms with E-state index in [-0.39, 0.29) is 5.78 Å². The van der Waals surface area contributed by atoms with Crippen LogP contribution in [-0.2, 0) is 11.2 Å². The van der Waals surface area contributed by atoms with Gasteiger partial charge in [-0.3, -0.25) is 4.79 Å². The first-order valence-electron chi connectivity index (χ1n) is 9.31. The molecule has 0 amide bonds. The second kappa shape index (κ2) is 9.46. The van der Waals surface area contributed by atoms with Crippen molar-refractivity contribution in [2.45, 2.75) is 26.7 Å². The molecule has 0 aliphatic carbocycles. The molecular formula is C23H24N4O. The fraction of sp³-hybridized carbons (Fsp3) is 0.174. The molecule has 142 valence electrons. The summed E-state index contributed by atoms with van der Waals surface area (Å²) in [5, 5.41) is 6.57. The second-order valence-corrected chi connectivity index (χ2v) is 6.51. The zero-order chi connectivity index (χ0) is 19.8. The SMILES string of the molecule is C/C=C/C(=O)CCc1cccc(Nc2nc(Nc3ccccc3)ncc2C)c1. The van der Waals surface area contributed by atoms with Crippen LogP contribution in [0.2, 0.25) is 0 Å². The number of ketones is 1. The van der Waals surface area contributed by atoms with Gasteiger partial charge >= 0.3 is 0 Å². The number of hydrogen-bond acceptors (Lipinski definition) is 5. The highest BCUT2D eigenvalue weighted by atomic mass is 16.1. The zero-order valence-electron chi connectivity index (χ0n) is 16.1. The van der Waals surface area contributed by atoms with E-state index in [2.05, 4.69) is 26.7 Å². The largest absolute Gasteiger partial charge is 0.340 e. The molecule has 0 saturated heterocycles. The lowest BCUT2D eigenvalue weighted by molar-refractivity contribution is -0.114. The number of anilines is 4. The number of carbonyl (C=O) groups excluding carboxylic acids is 1. The number of carbonyl (C=O) groups is 1. The molecule has 0 atom stereocenters. The van der Waals surface area contributed by atoms with Crippen LogP contribution in [0.25, 0.3) is 0 Å². The molecule has 1 aromatic heterocycles. The fourth-order valence-electron chi connectivity index (χ4n) is 2.76. The molecule has 0 radical (unpaired) electrons. The molecule has 28 heavy (non-hydrogen) atoms.